The van der Waals surface area contributed by atoms with Crippen molar-refractivity contribution in [2.75, 3.05) is 13.1 Å². The van der Waals surface area contributed by atoms with Crippen molar-refractivity contribution >= 4 is 6.03 Å². The van der Waals surface area contributed by atoms with Gasteiger partial charge in [-0.05, 0) is 42.0 Å². The summed E-state index contributed by atoms with van der Waals surface area (Å²) >= 11 is 0. The fraction of sp³-hybridized carbons (Fsp3) is 0.316. The van der Waals surface area contributed by atoms with Crippen LogP contribution in [-0.2, 0) is 6.61 Å². The van der Waals surface area contributed by atoms with E-state index in [1.165, 1.54) is 12.1 Å². The van der Waals surface area contributed by atoms with Crippen molar-refractivity contribution in [3.05, 3.63) is 59.9 Å². The van der Waals surface area contributed by atoms with Gasteiger partial charge in [-0.2, -0.15) is 0 Å². The first-order chi connectivity index (χ1) is 12.1. The molecule has 0 bridgehead atoms. The van der Waals surface area contributed by atoms with Gasteiger partial charge in [-0.25, -0.2) is 9.18 Å². The monoisotopic (exact) mass is 344 g/mol. The van der Waals surface area contributed by atoms with Gasteiger partial charge >= 0.3 is 6.03 Å². The van der Waals surface area contributed by atoms with E-state index in [1.807, 2.05) is 30.3 Å². The number of hydrogen-bond donors (Lipinski definition) is 1. The molecule has 1 aliphatic rings. The van der Waals surface area contributed by atoms with Gasteiger partial charge in [0.1, 0.15) is 30.0 Å². The van der Waals surface area contributed by atoms with E-state index >= 15 is 0 Å². The van der Waals surface area contributed by atoms with E-state index in [-0.39, 0.29) is 18.0 Å². The van der Waals surface area contributed by atoms with Gasteiger partial charge in [0.2, 0.25) is 0 Å². The maximum absolute atomic E-state index is 13.1. The van der Waals surface area contributed by atoms with Crippen molar-refractivity contribution in [2.45, 2.75) is 25.6 Å². The Hall–Kier alpha value is -2.76. The Morgan fingerprint density at radius 2 is 1.80 bits per heavy atom. The number of piperidine rings is 1. The minimum Gasteiger partial charge on any atom is -0.490 e. The Labute approximate surface area is 146 Å². The van der Waals surface area contributed by atoms with Crippen LogP contribution in [0, 0.1) is 5.82 Å². The molecular formula is C19H21FN2O3. The number of hydrogen-bond acceptors (Lipinski definition) is 3. The maximum atomic E-state index is 13.1. The molecule has 0 radical (unpaired) electrons. The predicted octanol–water partition coefficient (Wildman–Crippen LogP) is 3.33. The Morgan fingerprint density at radius 1 is 1.12 bits per heavy atom. The van der Waals surface area contributed by atoms with E-state index in [1.54, 1.807) is 11.0 Å². The minimum atomic E-state index is -0.377. The van der Waals surface area contributed by atoms with Crippen LogP contribution in [0.2, 0.25) is 0 Å². The lowest BCUT2D eigenvalue weighted by Crippen LogP contribution is -2.44. The summed E-state index contributed by atoms with van der Waals surface area (Å²) in [6.45, 7) is 1.55. The Bertz CT molecular complexity index is 713. The summed E-state index contributed by atoms with van der Waals surface area (Å²) in [5, 5.41) is 0. The molecule has 0 atom stereocenters. The zero-order valence-electron chi connectivity index (χ0n) is 13.9. The van der Waals surface area contributed by atoms with E-state index in [0.29, 0.717) is 25.4 Å². The van der Waals surface area contributed by atoms with E-state index < -0.39 is 0 Å². The van der Waals surface area contributed by atoms with Gasteiger partial charge in [-0.15, -0.1) is 0 Å². The average Bonchev–Trinajstić information content (AvgIpc) is 2.62. The zero-order valence-corrected chi connectivity index (χ0v) is 13.9. The van der Waals surface area contributed by atoms with Gasteiger partial charge in [0.05, 0.1) is 0 Å². The van der Waals surface area contributed by atoms with Crippen LogP contribution >= 0.6 is 0 Å². The molecular weight excluding hydrogens is 323 g/mol. The number of amides is 2. The first-order valence-corrected chi connectivity index (χ1v) is 8.28. The molecule has 0 aliphatic carbocycles. The van der Waals surface area contributed by atoms with Crippen molar-refractivity contribution in [1.29, 1.82) is 0 Å². The number of primary amides is 1. The number of nitrogens with zero attached hydrogens (tertiary/aromatic N) is 1. The highest BCUT2D eigenvalue weighted by molar-refractivity contribution is 5.72. The van der Waals surface area contributed by atoms with Gasteiger partial charge in [-0.1, -0.05) is 12.1 Å². The van der Waals surface area contributed by atoms with Gasteiger partial charge < -0.3 is 20.1 Å². The molecule has 3 rings (SSSR count). The van der Waals surface area contributed by atoms with E-state index in [4.69, 9.17) is 15.2 Å². The molecule has 2 amide bonds. The maximum Gasteiger partial charge on any atom is 0.314 e. The van der Waals surface area contributed by atoms with Crippen molar-refractivity contribution in [1.82, 2.24) is 4.90 Å². The SMILES string of the molecule is NC(=O)N1CCC(Oc2ccc(OCc3cccc(F)c3)cc2)CC1. The molecule has 5 nitrogen and oxygen atoms in total. The number of ether oxygens (including phenoxy) is 2. The quantitative estimate of drug-likeness (QED) is 0.905. The smallest absolute Gasteiger partial charge is 0.314 e. The molecule has 25 heavy (non-hydrogen) atoms. The first kappa shape index (κ1) is 17.1. The van der Waals surface area contributed by atoms with Gasteiger partial charge in [0.15, 0.2) is 0 Å². The topological polar surface area (TPSA) is 64.8 Å². The second-order valence-electron chi connectivity index (χ2n) is 6.03. The molecule has 2 aromatic carbocycles. The van der Waals surface area contributed by atoms with E-state index in [2.05, 4.69) is 0 Å². The summed E-state index contributed by atoms with van der Waals surface area (Å²) < 4.78 is 24.7. The number of carbonyl (C=O) groups excluding carboxylic acids is 1. The summed E-state index contributed by atoms with van der Waals surface area (Å²) in [7, 11) is 0. The lowest BCUT2D eigenvalue weighted by atomic mass is 10.1. The normalized spacial score (nSPS) is 15.0. The Kier molecular flexibility index (Phi) is 5.38. The number of nitrogens with two attached hydrogens (primary N) is 1. The standard InChI is InChI=1S/C19H21FN2O3/c20-15-3-1-2-14(12-15)13-24-16-4-6-17(7-5-16)25-18-8-10-22(11-9-18)19(21)23/h1-7,12,18H,8-11,13H2,(H2,21,23). The fourth-order valence-electron chi connectivity index (χ4n) is 2.79. The summed E-state index contributed by atoms with van der Waals surface area (Å²) in [4.78, 5) is 12.7. The molecule has 0 spiro atoms. The lowest BCUT2D eigenvalue weighted by molar-refractivity contribution is 0.114. The molecule has 2 aromatic rings. The Morgan fingerprint density at radius 3 is 2.44 bits per heavy atom. The number of likely N-dealkylation sites (tertiary alicyclic amines) is 1. The second-order valence-corrected chi connectivity index (χ2v) is 6.03. The molecule has 0 aromatic heterocycles. The number of rotatable bonds is 5. The number of halogens is 1. The van der Waals surface area contributed by atoms with Crippen molar-refractivity contribution in [3.8, 4) is 11.5 Å². The van der Waals surface area contributed by atoms with Crippen LogP contribution in [0.25, 0.3) is 0 Å². The van der Waals surface area contributed by atoms with Gasteiger partial charge in [0, 0.05) is 25.9 Å². The summed E-state index contributed by atoms with van der Waals surface area (Å²) in [5.74, 6) is 1.18. The van der Waals surface area contributed by atoms with E-state index in [9.17, 15) is 9.18 Å². The highest BCUT2D eigenvalue weighted by Crippen LogP contribution is 2.22. The average molecular weight is 344 g/mol. The molecule has 0 saturated carbocycles. The summed E-state index contributed by atoms with van der Waals surface area (Å²) in [5.41, 5.74) is 6.05. The van der Waals surface area contributed by atoms with Crippen LogP contribution in [-0.4, -0.2) is 30.1 Å². The third-order valence-electron chi connectivity index (χ3n) is 4.17. The molecule has 132 valence electrons. The molecule has 6 heteroatoms. The molecule has 1 fully saturated rings. The van der Waals surface area contributed by atoms with Crippen molar-refractivity contribution in [2.24, 2.45) is 5.73 Å². The van der Waals surface area contributed by atoms with Crippen molar-refractivity contribution in [3.63, 3.8) is 0 Å². The molecule has 2 N–H and O–H groups in total. The van der Waals surface area contributed by atoms with Crippen LogP contribution in [0.15, 0.2) is 48.5 Å². The predicted molar refractivity (Wildman–Crippen MR) is 92.0 cm³/mol. The number of urea groups is 1. The highest BCUT2D eigenvalue weighted by Gasteiger charge is 2.22. The largest absolute Gasteiger partial charge is 0.490 e. The van der Waals surface area contributed by atoms with Gasteiger partial charge in [0.25, 0.3) is 0 Å². The van der Waals surface area contributed by atoms with Crippen molar-refractivity contribution < 1.29 is 18.7 Å². The number of carbonyl (C=O) groups is 1. The number of benzene rings is 2. The Balaban J connectivity index is 1.48. The van der Waals surface area contributed by atoms with Crippen LogP contribution in [0.4, 0.5) is 9.18 Å². The molecule has 1 aliphatic heterocycles. The lowest BCUT2D eigenvalue weighted by Gasteiger charge is -2.31. The zero-order chi connectivity index (χ0) is 17.6. The van der Waals surface area contributed by atoms with Crippen LogP contribution < -0.4 is 15.2 Å². The molecule has 0 unspecified atom stereocenters. The first-order valence-electron chi connectivity index (χ1n) is 8.28. The minimum absolute atomic E-state index is 0.0784. The third-order valence-corrected chi connectivity index (χ3v) is 4.17. The van der Waals surface area contributed by atoms with Crippen LogP contribution in [0.5, 0.6) is 11.5 Å². The summed E-state index contributed by atoms with van der Waals surface area (Å²) in [6, 6.07) is 13.3. The fourth-order valence-corrected chi connectivity index (χ4v) is 2.79. The van der Waals surface area contributed by atoms with E-state index in [0.717, 1.165) is 24.2 Å². The third kappa shape index (κ3) is 4.86. The highest BCUT2D eigenvalue weighted by atomic mass is 19.1. The molecule has 1 saturated heterocycles. The van der Waals surface area contributed by atoms with Gasteiger partial charge in [-0.3, -0.25) is 0 Å². The molecule has 1 heterocycles. The van der Waals surface area contributed by atoms with Crippen LogP contribution in [0.1, 0.15) is 18.4 Å². The second kappa shape index (κ2) is 7.88. The van der Waals surface area contributed by atoms with Crippen LogP contribution in [0.3, 0.4) is 0 Å². The summed E-state index contributed by atoms with van der Waals surface area (Å²) in [6.07, 6.45) is 1.61.